The van der Waals surface area contributed by atoms with Gasteiger partial charge in [-0.25, -0.2) is 4.39 Å². The standard InChI is InChI=1S/C15H13FN2/c1-11-5-6-15(14(16)7-11)18-10-13-4-2-3-12(8-13)9-17/h2-8,18H,10H2,1H3. The van der Waals surface area contributed by atoms with Gasteiger partial charge in [0.25, 0.3) is 0 Å². The van der Waals surface area contributed by atoms with Crippen molar-refractivity contribution in [2.24, 2.45) is 0 Å². The second-order valence-corrected chi connectivity index (χ2v) is 4.15. The van der Waals surface area contributed by atoms with Crippen LogP contribution in [0.15, 0.2) is 42.5 Å². The average Bonchev–Trinajstić information content (AvgIpc) is 2.38. The van der Waals surface area contributed by atoms with Gasteiger partial charge in [0.1, 0.15) is 5.82 Å². The van der Waals surface area contributed by atoms with Gasteiger partial charge in [0.05, 0.1) is 17.3 Å². The Labute approximate surface area is 106 Å². The van der Waals surface area contributed by atoms with Crippen molar-refractivity contribution in [3.05, 3.63) is 65.0 Å². The summed E-state index contributed by atoms with van der Waals surface area (Å²) in [5, 5.41) is 11.8. The van der Waals surface area contributed by atoms with Gasteiger partial charge < -0.3 is 5.32 Å². The third kappa shape index (κ3) is 2.86. The lowest BCUT2D eigenvalue weighted by atomic mass is 10.1. The maximum Gasteiger partial charge on any atom is 0.146 e. The van der Waals surface area contributed by atoms with Crippen molar-refractivity contribution in [2.75, 3.05) is 5.32 Å². The number of hydrogen-bond acceptors (Lipinski definition) is 2. The summed E-state index contributed by atoms with van der Waals surface area (Å²) < 4.78 is 13.6. The molecular weight excluding hydrogens is 227 g/mol. The van der Waals surface area contributed by atoms with E-state index in [1.54, 1.807) is 18.2 Å². The van der Waals surface area contributed by atoms with Gasteiger partial charge in [0.2, 0.25) is 0 Å². The molecule has 0 spiro atoms. The maximum absolute atomic E-state index is 13.6. The van der Waals surface area contributed by atoms with E-state index in [0.717, 1.165) is 11.1 Å². The molecule has 2 nitrogen and oxygen atoms in total. The molecule has 1 N–H and O–H groups in total. The van der Waals surface area contributed by atoms with Crippen LogP contribution in [0.3, 0.4) is 0 Å². The summed E-state index contributed by atoms with van der Waals surface area (Å²) in [5.74, 6) is -0.258. The van der Waals surface area contributed by atoms with Crippen LogP contribution in [0.1, 0.15) is 16.7 Å². The Hall–Kier alpha value is -2.34. The van der Waals surface area contributed by atoms with E-state index in [1.807, 2.05) is 25.1 Å². The van der Waals surface area contributed by atoms with Gasteiger partial charge in [-0.2, -0.15) is 5.26 Å². The summed E-state index contributed by atoms with van der Waals surface area (Å²) in [4.78, 5) is 0. The average molecular weight is 240 g/mol. The molecular formula is C15H13FN2. The van der Waals surface area contributed by atoms with E-state index in [4.69, 9.17) is 5.26 Å². The lowest BCUT2D eigenvalue weighted by molar-refractivity contribution is 0.629. The van der Waals surface area contributed by atoms with Crippen LogP contribution in [0, 0.1) is 24.1 Å². The minimum absolute atomic E-state index is 0.258. The number of aryl methyl sites for hydroxylation is 1. The molecule has 2 aromatic carbocycles. The van der Waals surface area contributed by atoms with E-state index in [-0.39, 0.29) is 5.82 Å². The SMILES string of the molecule is Cc1ccc(NCc2cccc(C#N)c2)c(F)c1. The minimum atomic E-state index is -0.258. The van der Waals surface area contributed by atoms with Crippen LogP contribution < -0.4 is 5.32 Å². The van der Waals surface area contributed by atoms with Gasteiger partial charge >= 0.3 is 0 Å². The van der Waals surface area contributed by atoms with Crippen LogP contribution in [-0.4, -0.2) is 0 Å². The number of nitrogens with zero attached hydrogens (tertiary/aromatic N) is 1. The fourth-order valence-electron chi connectivity index (χ4n) is 1.71. The van der Waals surface area contributed by atoms with Gasteiger partial charge in [-0.05, 0) is 42.3 Å². The molecule has 0 aromatic heterocycles. The summed E-state index contributed by atoms with van der Waals surface area (Å²) in [6.45, 7) is 2.35. The van der Waals surface area contributed by atoms with Crippen molar-refractivity contribution in [3.8, 4) is 6.07 Å². The summed E-state index contributed by atoms with van der Waals surface area (Å²) in [7, 11) is 0. The summed E-state index contributed by atoms with van der Waals surface area (Å²) in [6, 6.07) is 14.4. The van der Waals surface area contributed by atoms with Gasteiger partial charge in [0.15, 0.2) is 0 Å². The summed E-state index contributed by atoms with van der Waals surface area (Å²) in [6.07, 6.45) is 0. The van der Waals surface area contributed by atoms with E-state index in [1.165, 1.54) is 6.07 Å². The highest BCUT2D eigenvalue weighted by Gasteiger charge is 2.02. The number of nitriles is 1. The number of rotatable bonds is 3. The zero-order valence-electron chi connectivity index (χ0n) is 10.1. The molecule has 0 saturated carbocycles. The number of halogens is 1. The molecule has 0 fully saturated rings. The van der Waals surface area contributed by atoms with Crippen LogP contribution >= 0.6 is 0 Å². The Bertz CT molecular complexity index is 600. The van der Waals surface area contributed by atoms with E-state index >= 15 is 0 Å². The van der Waals surface area contributed by atoms with Crippen LogP contribution in [0.25, 0.3) is 0 Å². The Kier molecular flexibility index (Phi) is 3.59. The van der Waals surface area contributed by atoms with E-state index in [0.29, 0.717) is 17.8 Å². The molecule has 0 atom stereocenters. The first kappa shape index (κ1) is 12.1. The van der Waals surface area contributed by atoms with E-state index in [9.17, 15) is 4.39 Å². The number of anilines is 1. The van der Waals surface area contributed by atoms with Gasteiger partial charge in [0, 0.05) is 6.54 Å². The van der Waals surface area contributed by atoms with Gasteiger partial charge in [-0.3, -0.25) is 0 Å². The lowest BCUT2D eigenvalue weighted by Gasteiger charge is -2.08. The molecule has 0 unspecified atom stereocenters. The van der Waals surface area contributed by atoms with Crippen LogP contribution in [0.5, 0.6) is 0 Å². The minimum Gasteiger partial charge on any atom is -0.379 e. The molecule has 0 aliphatic heterocycles. The molecule has 2 aromatic rings. The first-order chi connectivity index (χ1) is 8.69. The second-order valence-electron chi connectivity index (χ2n) is 4.15. The third-order valence-electron chi connectivity index (χ3n) is 2.66. The normalized spacial score (nSPS) is 9.83. The summed E-state index contributed by atoms with van der Waals surface area (Å²) in [5.41, 5.74) is 2.93. The monoisotopic (exact) mass is 240 g/mol. The van der Waals surface area contributed by atoms with E-state index < -0.39 is 0 Å². The van der Waals surface area contributed by atoms with Crippen molar-refractivity contribution in [1.82, 2.24) is 0 Å². The number of hydrogen-bond donors (Lipinski definition) is 1. The fraction of sp³-hybridized carbons (Fsp3) is 0.133. The molecule has 0 heterocycles. The topological polar surface area (TPSA) is 35.8 Å². The molecule has 18 heavy (non-hydrogen) atoms. The predicted molar refractivity (Wildman–Crippen MR) is 69.6 cm³/mol. The highest BCUT2D eigenvalue weighted by Crippen LogP contribution is 2.16. The smallest absolute Gasteiger partial charge is 0.146 e. The van der Waals surface area contributed by atoms with Crippen molar-refractivity contribution >= 4 is 5.69 Å². The third-order valence-corrected chi connectivity index (χ3v) is 2.66. The Morgan fingerprint density at radius 2 is 2.06 bits per heavy atom. The Morgan fingerprint density at radius 3 is 2.78 bits per heavy atom. The molecule has 0 aliphatic carbocycles. The first-order valence-electron chi connectivity index (χ1n) is 5.68. The fourth-order valence-corrected chi connectivity index (χ4v) is 1.71. The Morgan fingerprint density at radius 1 is 1.22 bits per heavy atom. The number of nitrogens with one attached hydrogen (secondary N) is 1. The second kappa shape index (κ2) is 5.33. The Balaban J connectivity index is 2.09. The zero-order chi connectivity index (χ0) is 13.0. The largest absolute Gasteiger partial charge is 0.379 e. The molecule has 0 bridgehead atoms. The van der Waals surface area contributed by atoms with Crippen molar-refractivity contribution in [1.29, 1.82) is 5.26 Å². The highest BCUT2D eigenvalue weighted by molar-refractivity contribution is 5.47. The van der Waals surface area contributed by atoms with Crippen LogP contribution in [0.2, 0.25) is 0 Å². The molecule has 2 rings (SSSR count). The summed E-state index contributed by atoms with van der Waals surface area (Å²) >= 11 is 0. The lowest BCUT2D eigenvalue weighted by Crippen LogP contribution is -2.01. The van der Waals surface area contributed by atoms with Crippen molar-refractivity contribution in [2.45, 2.75) is 13.5 Å². The maximum atomic E-state index is 13.6. The molecule has 0 radical (unpaired) electrons. The van der Waals surface area contributed by atoms with Crippen LogP contribution in [-0.2, 0) is 6.54 Å². The van der Waals surface area contributed by atoms with Crippen molar-refractivity contribution < 1.29 is 4.39 Å². The van der Waals surface area contributed by atoms with Crippen molar-refractivity contribution in [3.63, 3.8) is 0 Å². The highest BCUT2D eigenvalue weighted by atomic mass is 19.1. The van der Waals surface area contributed by atoms with Gasteiger partial charge in [-0.15, -0.1) is 0 Å². The molecule has 90 valence electrons. The predicted octanol–water partition coefficient (Wildman–Crippen LogP) is 3.62. The van der Waals surface area contributed by atoms with Gasteiger partial charge in [-0.1, -0.05) is 18.2 Å². The number of benzene rings is 2. The molecule has 0 amide bonds. The zero-order valence-corrected chi connectivity index (χ0v) is 10.1. The quantitative estimate of drug-likeness (QED) is 0.889. The molecule has 0 saturated heterocycles. The molecule has 0 aliphatic rings. The first-order valence-corrected chi connectivity index (χ1v) is 5.68. The van der Waals surface area contributed by atoms with E-state index in [2.05, 4.69) is 11.4 Å². The van der Waals surface area contributed by atoms with Crippen LogP contribution in [0.4, 0.5) is 10.1 Å². The molecule has 3 heteroatoms.